The highest BCUT2D eigenvalue weighted by Gasteiger charge is 2.09. The van der Waals surface area contributed by atoms with E-state index < -0.39 is 0 Å². The molecule has 0 radical (unpaired) electrons. The minimum absolute atomic E-state index is 0. The summed E-state index contributed by atoms with van der Waals surface area (Å²) in [5, 5.41) is 8.49. The highest BCUT2D eigenvalue weighted by atomic mass is 79.9. The summed E-state index contributed by atoms with van der Waals surface area (Å²) in [7, 11) is 0. The summed E-state index contributed by atoms with van der Waals surface area (Å²) in [6.45, 7) is 2.02. The Labute approximate surface area is 166 Å². The molecule has 0 unspecified atom stereocenters. The molecule has 4 aromatic rings. The van der Waals surface area contributed by atoms with Crippen LogP contribution in [0.2, 0.25) is 0 Å². The number of hydrogen-bond donors (Lipinski definition) is 2. The van der Waals surface area contributed by atoms with Gasteiger partial charge in [0.25, 0.3) is 0 Å². The Morgan fingerprint density at radius 2 is 1.88 bits per heavy atom. The molecular weight excluding hydrogens is 408 g/mol. The van der Waals surface area contributed by atoms with Crippen LogP contribution in [0.1, 0.15) is 12.5 Å². The largest absolute Gasteiger partial charge is 0.360 e. The zero-order valence-electron chi connectivity index (χ0n) is 14.3. The maximum absolute atomic E-state index is 4.66. The maximum atomic E-state index is 4.66. The van der Waals surface area contributed by atoms with Crippen molar-refractivity contribution in [1.82, 2.24) is 9.97 Å². The number of benzene rings is 2. The Kier molecular flexibility index (Phi) is 5.85. The van der Waals surface area contributed by atoms with E-state index in [0.29, 0.717) is 0 Å². The van der Waals surface area contributed by atoms with E-state index in [1.807, 2.05) is 43.5 Å². The summed E-state index contributed by atoms with van der Waals surface area (Å²) in [5.74, 6) is 0. The predicted molar refractivity (Wildman–Crippen MR) is 117 cm³/mol. The van der Waals surface area contributed by atoms with Gasteiger partial charge in [0.1, 0.15) is 0 Å². The van der Waals surface area contributed by atoms with Crippen LogP contribution in [-0.4, -0.2) is 15.7 Å². The molecule has 0 aliphatic heterocycles. The van der Waals surface area contributed by atoms with Crippen LogP contribution >= 0.6 is 28.3 Å². The molecule has 6 heteroatoms. The number of para-hydroxylation sites is 1. The predicted octanol–water partition coefficient (Wildman–Crippen LogP) is 5.90. The minimum atomic E-state index is 0. The molecule has 0 atom stereocenters. The molecule has 26 heavy (non-hydrogen) atoms. The number of rotatable bonds is 5. The second kappa shape index (κ2) is 8.29. The van der Waals surface area contributed by atoms with Crippen LogP contribution in [0.15, 0.2) is 71.3 Å². The molecule has 132 valence electrons. The minimum Gasteiger partial charge on any atom is -0.360 e. The van der Waals surface area contributed by atoms with Crippen molar-refractivity contribution >= 4 is 50.1 Å². The second-order valence-corrected chi connectivity index (χ2v) is 6.77. The van der Waals surface area contributed by atoms with Gasteiger partial charge < -0.3 is 4.98 Å². The molecule has 0 saturated carbocycles. The van der Waals surface area contributed by atoms with Crippen LogP contribution in [0.4, 0.5) is 5.13 Å². The van der Waals surface area contributed by atoms with Crippen LogP contribution in [0.5, 0.6) is 0 Å². The highest BCUT2D eigenvalue weighted by Crippen LogP contribution is 2.30. The first-order valence-corrected chi connectivity index (χ1v) is 9.03. The average Bonchev–Trinajstić information content (AvgIpc) is 3.27. The second-order valence-electron chi connectivity index (χ2n) is 5.91. The topological polar surface area (TPSA) is 53.1 Å². The van der Waals surface area contributed by atoms with Crippen LogP contribution in [-0.2, 0) is 6.42 Å². The van der Waals surface area contributed by atoms with Gasteiger partial charge in [0, 0.05) is 40.2 Å². The number of fused-ring (bicyclic) bond motifs is 1. The zero-order valence-corrected chi connectivity index (χ0v) is 16.8. The number of nitrogens with one attached hydrogen (secondary N) is 2. The molecule has 0 spiro atoms. The van der Waals surface area contributed by atoms with Gasteiger partial charge in [-0.25, -0.2) is 4.98 Å². The first kappa shape index (κ1) is 18.4. The van der Waals surface area contributed by atoms with Crippen molar-refractivity contribution in [1.29, 1.82) is 0 Å². The monoisotopic (exact) mass is 426 g/mol. The molecule has 0 amide bonds. The van der Waals surface area contributed by atoms with Gasteiger partial charge in [-0.05, 0) is 18.6 Å². The summed E-state index contributed by atoms with van der Waals surface area (Å²) in [5.41, 5.74) is 8.55. The Morgan fingerprint density at radius 1 is 1.12 bits per heavy atom. The fourth-order valence-electron chi connectivity index (χ4n) is 2.81. The van der Waals surface area contributed by atoms with Crippen molar-refractivity contribution in [3.63, 3.8) is 0 Å². The number of aromatic nitrogens is 2. The van der Waals surface area contributed by atoms with E-state index in [0.717, 1.165) is 34.0 Å². The molecule has 0 fully saturated rings. The Bertz CT molecular complexity index is 1020. The Morgan fingerprint density at radius 3 is 2.73 bits per heavy atom. The highest BCUT2D eigenvalue weighted by molar-refractivity contribution is 8.93. The van der Waals surface area contributed by atoms with Crippen LogP contribution < -0.4 is 5.43 Å². The lowest BCUT2D eigenvalue weighted by atomic mass is 10.1. The molecule has 0 aliphatic carbocycles. The third kappa shape index (κ3) is 4.03. The molecule has 0 bridgehead atoms. The van der Waals surface area contributed by atoms with Crippen molar-refractivity contribution < 1.29 is 0 Å². The number of hydrazone groups is 1. The fraction of sp³-hybridized carbons (Fsp3) is 0.100. The van der Waals surface area contributed by atoms with E-state index in [1.165, 1.54) is 10.9 Å². The lowest BCUT2D eigenvalue weighted by Gasteiger charge is -2.01. The smallest absolute Gasteiger partial charge is 0.203 e. The van der Waals surface area contributed by atoms with E-state index in [4.69, 9.17) is 0 Å². The Balaban J connectivity index is 0.00000196. The molecular formula is C20H19BrN4S. The lowest BCUT2D eigenvalue weighted by molar-refractivity contribution is 1.22. The van der Waals surface area contributed by atoms with Crippen LogP contribution in [0.3, 0.4) is 0 Å². The van der Waals surface area contributed by atoms with Crippen molar-refractivity contribution in [2.45, 2.75) is 13.3 Å². The molecule has 2 aromatic carbocycles. The van der Waals surface area contributed by atoms with Gasteiger partial charge in [-0.1, -0.05) is 48.5 Å². The summed E-state index contributed by atoms with van der Waals surface area (Å²) in [6.07, 6.45) is 2.84. The third-order valence-corrected chi connectivity index (χ3v) is 4.76. The summed E-state index contributed by atoms with van der Waals surface area (Å²) >= 11 is 1.56. The fourth-order valence-corrected chi connectivity index (χ4v) is 3.46. The lowest BCUT2D eigenvalue weighted by Crippen LogP contribution is -2.01. The molecule has 2 aromatic heterocycles. The SMILES string of the molecule is Br.CC(Cc1ccccc1)=NNc1nc(-c2c[nH]c3ccccc23)cs1. The van der Waals surface area contributed by atoms with Crippen molar-refractivity contribution in [2.24, 2.45) is 5.10 Å². The van der Waals surface area contributed by atoms with Gasteiger partial charge in [-0.15, -0.1) is 28.3 Å². The summed E-state index contributed by atoms with van der Waals surface area (Å²) in [6, 6.07) is 18.6. The van der Waals surface area contributed by atoms with Gasteiger partial charge in [0.15, 0.2) is 0 Å². The molecule has 4 nitrogen and oxygen atoms in total. The van der Waals surface area contributed by atoms with Gasteiger partial charge in [-0.3, -0.25) is 5.43 Å². The number of anilines is 1. The average molecular weight is 427 g/mol. The Hall–Kier alpha value is -2.44. The molecule has 4 rings (SSSR count). The number of H-pyrrole nitrogens is 1. The molecule has 0 saturated heterocycles. The number of hydrogen-bond acceptors (Lipinski definition) is 4. The number of nitrogens with zero attached hydrogens (tertiary/aromatic N) is 2. The van der Waals surface area contributed by atoms with E-state index in [9.17, 15) is 0 Å². The van der Waals surface area contributed by atoms with Crippen molar-refractivity contribution in [3.05, 3.63) is 71.7 Å². The van der Waals surface area contributed by atoms with E-state index in [2.05, 4.69) is 50.1 Å². The quantitative estimate of drug-likeness (QED) is 0.308. The first-order valence-electron chi connectivity index (χ1n) is 8.15. The standard InChI is InChI=1S/C20H18N4S.BrH/c1-14(11-15-7-3-2-4-8-15)23-24-20-22-19(13-25-20)17-12-21-18-10-6-5-9-16(17)18;/h2-10,12-13,21H,11H2,1H3,(H,22,24);1H. The third-order valence-electron chi connectivity index (χ3n) is 4.01. The molecule has 2 N–H and O–H groups in total. The van der Waals surface area contributed by atoms with E-state index in [1.54, 1.807) is 11.3 Å². The summed E-state index contributed by atoms with van der Waals surface area (Å²) in [4.78, 5) is 7.95. The number of aromatic amines is 1. The zero-order chi connectivity index (χ0) is 17.1. The van der Waals surface area contributed by atoms with Gasteiger partial charge >= 0.3 is 0 Å². The summed E-state index contributed by atoms with van der Waals surface area (Å²) < 4.78 is 0. The van der Waals surface area contributed by atoms with E-state index in [-0.39, 0.29) is 17.0 Å². The normalized spacial score (nSPS) is 11.3. The van der Waals surface area contributed by atoms with Crippen LogP contribution in [0, 0.1) is 0 Å². The van der Waals surface area contributed by atoms with Gasteiger partial charge in [-0.2, -0.15) is 5.10 Å². The molecule has 0 aliphatic rings. The number of halogens is 1. The van der Waals surface area contributed by atoms with Gasteiger partial charge in [0.2, 0.25) is 5.13 Å². The number of thiazole rings is 1. The first-order chi connectivity index (χ1) is 12.3. The van der Waals surface area contributed by atoms with Crippen LogP contribution in [0.25, 0.3) is 22.2 Å². The maximum Gasteiger partial charge on any atom is 0.203 e. The van der Waals surface area contributed by atoms with Gasteiger partial charge in [0.05, 0.1) is 5.69 Å². The van der Waals surface area contributed by atoms with Crippen molar-refractivity contribution in [2.75, 3.05) is 5.43 Å². The van der Waals surface area contributed by atoms with Crippen molar-refractivity contribution in [3.8, 4) is 11.3 Å². The molecule has 2 heterocycles. The van der Waals surface area contributed by atoms with E-state index >= 15 is 0 Å².